The summed E-state index contributed by atoms with van der Waals surface area (Å²) in [5.41, 5.74) is 0. The molecular formula is C15H24N2O2S. The summed E-state index contributed by atoms with van der Waals surface area (Å²) in [7, 11) is 0. The Hall–Kier alpha value is -0.550. The second-order valence-electron chi connectivity index (χ2n) is 6.37. The third kappa shape index (κ3) is 2.75. The van der Waals surface area contributed by atoms with E-state index < -0.39 is 0 Å². The summed E-state index contributed by atoms with van der Waals surface area (Å²) in [6.45, 7) is 1.90. The van der Waals surface area contributed by atoms with Crippen LogP contribution in [-0.4, -0.2) is 35.4 Å². The molecule has 2 unspecified atom stereocenters. The van der Waals surface area contributed by atoms with E-state index in [2.05, 4.69) is 10.6 Å². The van der Waals surface area contributed by atoms with Gasteiger partial charge in [-0.15, -0.1) is 0 Å². The molecule has 2 saturated heterocycles. The first kappa shape index (κ1) is 14.4. The van der Waals surface area contributed by atoms with Crippen molar-refractivity contribution < 1.29 is 9.59 Å². The van der Waals surface area contributed by atoms with Crippen LogP contribution in [0.1, 0.15) is 44.9 Å². The minimum Gasteiger partial charge on any atom is -0.315 e. The lowest BCUT2D eigenvalue weighted by Crippen LogP contribution is -2.46. The fraction of sp³-hybridized carbons (Fsp3) is 0.867. The van der Waals surface area contributed by atoms with Crippen molar-refractivity contribution in [2.45, 2.75) is 49.7 Å². The van der Waals surface area contributed by atoms with E-state index in [9.17, 15) is 9.59 Å². The Balaban J connectivity index is 1.59. The van der Waals surface area contributed by atoms with Crippen LogP contribution in [0.4, 0.5) is 0 Å². The zero-order valence-electron chi connectivity index (χ0n) is 12.0. The summed E-state index contributed by atoms with van der Waals surface area (Å²) in [6, 6.07) is 0. The maximum absolute atomic E-state index is 12.5. The molecule has 3 rings (SSSR count). The number of thioether (sulfide) groups is 1. The van der Waals surface area contributed by atoms with Crippen molar-refractivity contribution >= 4 is 23.6 Å². The molecule has 1 aliphatic carbocycles. The zero-order chi connectivity index (χ0) is 14.0. The molecule has 2 heterocycles. The van der Waals surface area contributed by atoms with Crippen LogP contribution in [0.2, 0.25) is 0 Å². The first-order valence-corrected chi connectivity index (χ1v) is 8.89. The van der Waals surface area contributed by atoms with Gasteiger partial charge in [0, 0.05) is 17.2 Å². The number of hydrogen-bond acceptors (Lipinski definition) is 4. The van der Waals surface area contributed by atoms with Gasteiger partial charge < -0.3 is 5.32 Å². The number of carbonyl (C=O) groups excluding carboxylic acids is 2. The Bertz CT molecular complexity index is 382. The van der Waals surface area contributed by atoms with Crippen molar-refractivity contribution in [1.29, 1.82) is 0 Å². The van der Waals surface area contributed by atoms with Crippen LogP contribution in [0.3, 0.4) is 0 Å². The molecule has 3 aliphatic rings. The molecule has 2 aliphatic heterocycles. The van der Waals surface area contributed by atoms with E-state index in [1.807, 2.05) is 11.8 Å². The van der Waals surface area contributed by atoms with Gasteiger partial charge in [0.15, 0.2) is 0 Å². The van der Waals surface area contributed by atoms with Gasteiger partial charge in [-0.3, -0.25) is 14.9 Å². The summed E-state index contributed by atoms with van der Waals surface area (Å²) in [4.78, 5) is 24.7. The third-order valence-electron chi connectivity index (χ3n) is 5.12. The third-order valence-corrected chi connectivity index (χ3v) is 6.77. The lowest BCUT2D eigenvalue weighted by molar-refractivity contribution is -0.135. The smallest absolute Gasteiger partial charge is 0.231 e. The molecule has 5 heteroatoms. The van der Waals surface area contributed by atoms with Crippen molar-refractivity contribution in [2.75, 3.05) is 18.8 Å². The van der Waals surface area contributed by atoms with E-state index in [-0.39, 0.29) is 28.4 Å². The van der Waals surface area contributed by atoms with E-state index in [4.69, 9.17) is 0 Å². The maximum atomic E-state index is 12.5. The minimum absolute atomic E-state index is 0.00930. The van der Waals surface area contributed by atoms with Gasteiger partial charge >= 0.3 is 0 Å². The van der Waals surface area contributed by atoms with Crippen molar-refractivity contribution in [3.8, 4) is 0 Å². The molecule has 1 spiro atoms. The van der Waals surface area contributed by atoms with Crippen molar-refractivity contribution in [2.24, 2.45) is 11.8 Å². The molecule has 0 aromatic carbocycles. The van der Waals surface area contributed by atoms with Gasteiger partial charge in [-0.25, -0.2) is 0 Å². The largest absolute Gasteiger partial charge is 0.315 e. The molecule has 0 aromatic heterocycles. The highest BCUT2D eigenvalue weighted by Gasteiger charge is 2.49. The number of imide groups is 1. The van der Waals surface area contributed by atoms with E-state index >= 15 is 0 Å². The van der Waals surface area contributed by atoms with Crippen LogP contribution < -0.4 is 10.6 Å². The van der Waals surface area contributed by atoms with Gasteiger partial charge in [-0.05, 0) is 38.0 Å². The van der Waals surface area contributed by atoms with E-state index in [1.54, 1.807) is 0 Å². The molecule has 2 amide bonds. The molecule has 2 atom stereocenters. The van der Waals surface area contributed by atoms with Crippen LogP contribution in [0, 0.1) is 11.8 Å². The number of nitrogens with one attached hydrogen (secondary N) is 2. The Kier molecular flexibility index (Phi) is 4.36. The van der Waals surface area contributed by atoms with E-state index in [1.165, 1.54) is 6.42 Å². The Labute approximate surface area is 124 Å². The Morgan fingerprint density at radius 2 is 1.90 bits per heavy atom. The topological polar surface area (TPSA) is 58.2 Å². The summed E-state index contributed by atoms with van der Waals surface area (Å²) in [5, 5.41) is 6.09. The summed E-state index contributed by atoms with van der Waals surface area (Å²) < 4.78 is 0.0525. The highest BCUT2D eigenvalue weighted by Crippen LogP contribution is 2.47. The minimum atomic E-state index is -0.0206. The monoisotopic (exact) mass is 296 g/mol. The van der Waals surface area contributed by atoms with Crippen LogP contribution >= 0.6 is 11.8 Å². The standard InChI is InChI=1S/C15H24N2O2S/c18-13(11-4-2-1-3-5-11)17-14(19)12-6-9-20-15(12)7-8-16-10-15/h11-12,16H,1-10H2,(H,17,18,19). The Morgan fingerprint density at radius 1 is 1.10 bits per heavy atom. The first-order valence-electron chi connectivity index (χ1n) is 7.91. The number of carbonyl (C=O) groups is 2. The molecule has 0 bridgehead atoms. The van der Waals surface area contributed by atoms with Gasteiger partial charge in [0.05, 0.1) is 5.92 Å². The highest BCUT2D eigenvalue weighted by molar-refractivity contribution is 8.01. The van der Waals surface area contributed by atoms with Gasteiger partial charge in [-0.1, -0.05) is 19.3 Å². The van der Waals surface area contributed by atoms with E-state index in [0.29, 0.717) is 0 Å². The summed E-state index contributed by atoms with van der Waals surface area (Å²) in [5.74, 6) is 1.08. The number of rotatable bonds is 2. The molecule has 3 fully saturated rings. The van der Waals surface area contributed by atoms with Crippen LogP contribution in [0.25, 0.3) is 0 Å². The van der Waals surface area contributed by atoms with Crippen LogP contribution in [0.15, 0.2) is 0 Å². The fourth-order valence-corrected chi connectivity index (χ4v) is 5.53. The molecule has 20 heavy (non-hydrogen) atoms. The number of hydrogen-bond donors (Lipinski definition) is 2. The zero-order valence-corrected chi connectivity index (χ0v) is 12.8. The number of amides is 2. The lowest BCUT2D eigenvalue weighted by atomic mass is 9.86. The molecule has 0 radical (unpaired) electrons. The molecular weight excluding hydrogens is 272 g/mol. The quantitative estimate of drug-likeness (QED) is 0.762. The van der Waals surface area contributed by atoms with Gasteiger partial charge in [0.1, 0.15) is 0 Å². The normalized spacial score (nSPS) is 34.5. The predicted molar refractivity (Wildman–Crippen MR) is 80.5 cm³/mol. The van der Waals surface area contributed by atoms with Gasteiger partial charge in [0.2, 0.25) is 11.8 Å². The van der Waals surface area contributed by atoms with E-state index in [0.717, 1.165) is 57.4 Å². The van der Waals surface area contributed by atoms with Crippen LogP contribution in [-0.2, 0) is 9.59 Å². The molecule has 4 nitrogen and oxygen atoms in total. The average molecular weight is 296 g/mol. The predicted octanol–water partition coefficient (Wildman–Crippen LogP) is 1.69. The second-order valence-corrected chi connectivity index (χ2v) is 7.88. The lowest BCUT2D eigenvalue weighted by Gasteiger charge is -2.29. The van der Waals surface area contributed by atoms with Crippen molar-refractivity contribution in [1.82, 2.24) is 10.6 Å². The Morgan fingerprint density at radius 3 is 2.60 bits per heavy atom. The molecule has 1 saturated carbocycles. The second kappa shape index (κ2) is 6.06. The van der Waals surface area contributed by atoms with Crippen molar-refractivity contribution in [3.05, 3.63) is 0 Å². The highest BCUT2D eigenvalue weighted by atomic mass is 32.2. The van der Waals surface area contributed by atoms with Gasteiger partial charge in [-0.2, -0.15) is 11.8 Å². The maximum Gasteiger partial charge on any atom is 0.231 e. The summed E-state index contributed by atoms with van der Waals surface area (Å²) >= 11 is 1.92. The summed E-state index contributed by atoms with van der Waals surface area (Å²) in [6.07, 6.45) is 7.34. The van der Waals surface area contributed by atoms with Crippen molar-refractivity contribution in [3.63, 3.8) is 0 Å². The fourth-order valence-electron chi connectivity index (χ4n) is 3.90. The van der Waals surface area contributed by atoms with Gasteiger partial charge in [0.25, 0.3) is 0 Å². The van der Waals surface area contributed by atoms with Crippen LogP contribution in [0.5, 0.6) is 0 Å². The first-order chi connectivity index (χ1) is 9.71. The molecule has 2 N–H and O–H groups in total. The SMILES string of the molecule is O=C(NC(=O)C1CCSC12CCNC2)C1CCCCC1. The average Bonchev–Trinajstić information content (AvgIpc) is 3.10. The molecule has 0 aromatic rings. The molecule has 112 valence electrons.